The Bertz CT molecular complexity index is 464. The highest BCUT2D eigenvalue weighted by molar-refractivity contribution is 5.42. The summed E-state index contributed by atoms with van der Waals surface area (Å²) in [6.07, 6.45) is 3.99. The molecule has 1 fully saturated rings. The second-order valence-corrected chi connectivity index (χ2v) is 6.41. The summed E-state index contributed by atoms with van der Waals surface area (Å²) in [6.45, 7) is 5.22. The fourth-order valence-electron chi connectivity index (χ4n) is 3.19. The number of piperidine rings is 1. The maximum Gasteiger partial charge on any atom is 0.123 e. The summed E-state index contributed by atoms with van der Waals surface area (Å²) in [7, 11) is 0. The molecule has 104 valence electrons. The summed E-state index contributed by atoms with van der Waals surface area (Å²) < 4.78 is 5.88. The largest absolute Gasteiger partial charge is 0.487 e. The zero-order valence-electron chi connectivity index (χ0n) is 11.8. The molecule has 2 N–H and O–H groups in total. The molecule has 3 heteroatoms. The van der Waals surface area contributed by atoms with Crippen LogP contribution >= 0.6 is 0 Å². The van der Waals surface area contributed by atoms with E-state index in [4.69, 9.17) is 4.74 Å². The van der Waals surface area contributed by atoms with Crippen LogP contribution in [0.25, 0.3) is 0 Å². The maximum atomic E-state index is 10.5. The van der Waals surface area contributed by atoms with E-state index in [1.54, 1.807) is 0 Å². The zero-order valence-corrected chi connectivity index (χ0v) is 11.8. The molecule has 3 nitrogen and oxygen atoms in total. The highest BCUT2D eigenvalue weighted by Gasteiger charge is 2.31. The summed E-state index contributed by atoms with van der Waals surface area (Å²) in [5, 5.41) is 13.9. The molecular formula is C16H23NO2. The van der Waals surface area contributed by atoms with Gasteiger partial charge in [-0.1, -0.05) is 12.5 Å². The van der Waals surface area contributed by atoms with Gasteiger partial charge in [0.25, 0.3) is 0 Å². The summed E-state index contributed by atoms with van der Waals surface area (Å²) in [5.74, 6) is 0.970. The molecule has 3 rings (SSSR count). The highest BCUT2D eigenvalue weighted by atomic mass is 16.5. The predicted molar refractivity (Wildman–Crippen MR) is 75.5 cm³/mol. The first kappa shape index (κ1) is 12.9. The minimum atomic E-state index is -0.408. The standard InChI is InChI=1S/C16H23NO2/c1-16(2)10-12-9-11(6-7-14(12)19-16)15(18)13-5-3-4-8-17-13/h6-7,9,13,15,17-18H,3-5,8,10H2,1-2H3. The van der Waals surface area contributed by atoms with Crippen LogP contribution in [-0.4, -0.2) is 23.3 Å². The van der Waals surface area contributed by atoms with Crippen LogP contribution in [0.5, 0.6) is 5.75 Å². The van der Waals surface area contributed by atoms with Crippen molar-refractivity contribution in [2.75, 3.05) is 6.54 Å². The van der Waals surface area contributed by atoms with E-state index in [2.05, 4.69) is 25.2 Å². The SMILES string of the molecule is CC1(C)Cc2cc(C(O)C3CCCCN3)ccc2O1. The Kier molecular flexibility index (Phi) is 3.27. The van der Waals surface area contributed by atoms with E-state index >= 15 is 0 Å². The van der Waals surface area contributed by atoms with Gasteiger partial charge in [-0.05, 0) is 56.5 Å². The topological polar surface area (TPSA) is 41.5 Å². The maximum absolute atomic E-state index is 10.5. The third kappa shape index (κ3) is 2.63. The molecule has 2 heterocycles. The van der Waals surface area contributed by atoms with Crippen LogP contribution in [0.15, 0.2) is 18.2 Å². The van der Waals surface area contributed by atoms with Crippen LogP contribution < -0.4 is 10.1 Å². The molecule has 1 aromatic rings. The van der Waals surface area contributed by atoms with Crippen LogP contribution in [0.1, 0.15) is 50.3 Å². The van der Waals surface area contributed by atoms with Gasteiger partial charge in [0.05, 0.1) is 6.10 Å². The Morgan fingerprint density at radius 3 is 2.95 bits per heavy atom. The molecule has 0 aromatic heterocycles. The number of nitrogens with one attached hydrogen (secondary N) is 1. The first-order chi connectivity index (χ1) is 9.05. The van der Waals surface area contributed by atoms with Crippen molar-refractivity contribution < 1.29 is 9.84 Å². The molecule has 2 aliphatic rings. The molecule has 2 aliphatic heterocycles. The van der Waals surface area contributed by atoms with Gasteiger partial charge in [-0.3, -0.25) is 0 Å². The van der Waals surface area contributed by atoms with Crippen molar-refractivity contribution in [3.63, 3.8) is 0 Å². The summed E-state index contributed by atoms with van der Waals surface area (Å²) >= 11 is 0. The number of ether oxygens (including phenoxy) is 1. The minimum Gasteiger partial charge on any atom is -0.487 e. The molecule has 0 aliphatic carbocycles. The van der Waals surface area contributed by atoms with E-state index in [1.165, 1.54) is 18.4 Å². The average Bonchev–Trinajstić information content (AvgIpc) is 2.71. The number of fused-ring (bicyclic) bond motifs is 1. The number of rotatable bonds is 2. The first-order valence-electron chi connectivity index (χ1n) is 7.28. The first-order valence-corrected chi connectivity index (χ1v) is 7.28. The van der Waals surface area contributed by atoms with E-state index < -0.39 is 6.10 Å². The lowest BCUT2D eigenvalue weighted by Gasteiger charge is -2.28. The van der Waals surface area contributed by atoms with Crippen molar-refractivity contribution >= 4 is 0 Å². The predicted octanol–water partition coefficient (Wildman–Crippen LogP) is 2.58. The minimum absolute atomic E-state index is 0.116. The fraction of sp³-hybridized carbons (Fsp3) is 0.625. The molecule has 2 atom stereocenters. The Morgan fingerprint density at radius 1 is 1.37 bits per heavy atom. The van der Waals surface area contributed by atoms with Crippen molar-refractivity contribution in [1.82, 2.24) is 5.32 Å². The van der Waals surface area contributed by atoms with Gasteiger partial charge in [0, 0.05) is 12.5 Å². The van der Waals surface area contributed by atoms with Gasteiger partial charge in [-0.15, -0.1) is 0 Å². The number of hydrogen-bond donors (Lipinski definition) is 2. The summed E-state index contributed by atoms with van der Waals surface area (Å²) in [6, 6.07) is 6.32. The van der Waals surface area contributed by atoms with Gasteiger partial charge in [0.2, 0.25) is 0 Å². The van der Waals surface area contributed by atoms with Crippen LogP contribution in [-0.2, 0) is 6.42 Å². The van der Waals surface area contributed by atoms with Crippen molar-refractivity contribution in [2.45, 2.75) is 57.3 Å². The van der Waals surface area contributed by atoms with Crippen LogP contribution in [0.3, 0.4) is 0 Å². The Morgan fingerprint density at radius 2 is 2.21 bits per heavy atom. The molecular weight excluding hydrogens is 238 g/mol. The molecule has 19 heavy (non-hydrogen) atoms. The zero-order chi connectivity index (χ0) is 13.5. The molecule has 0 amide bonds. The molecule has 2 unspecified atom stereocenters. The summed E-state index contributed by atoms with van der Waals surface area (Å²) in [4.78, 5) is 0. The highest BCUT2D eigenvalue weighted by Crippen LogP contribution is 2.37. The lowest BCUT2D eigenvalue weighted by atomic mass is 9.92. The van der Waals surface area contributed by atoms with Crippen molar-refractivity contribution in [3.05, 3.63) is 29.3 Å². The number of aliphatic hydroxyl groups excluding tert-OH is 1. The van der Waals surface area contributed by atoms with Gasteiger partial charge in [0.1, 0.15) is 11.4 Å². The Hall–Kier alpha value is -1.06. The lowest BCUT2D eigenvalue weighted by Crippen LogP contribution is -2.38. The number of hydrogen-bond acceptors (Lipinski definition) is 3. The molecule has 0 bridgehead atoms. The van der Waals surface area contributed by atoms with E-state index in [-0.39, 0.29) is 11.6 Å². The molecule has 0 spiro atoms. The second-order valence-electron chi connectivity index (χ2n) is 6.41. The summed E-state index contributed by atoms with van der Waals surface area (Å²) in [5.41, 5.74) is 2.12. The van der Waals surface area contributed by atoms with Crippen LogP contribution in [0, 0.1) is 0 Å². The van der Waals surface area contributed by atoms with E-state index in [1.807, 2.05) is 12.1 Å². The van der Waals surface area contributed by atoms with Gasteiger partial charge in [-0.2, -0.15) is 0 Å². The molecule has 1 aromatic carbocycles. The Labute approximate surface area is 115 Å². The smallest absolute Gasteiger partial charge is 0.123 e. The monoisotopic (exact) mass is 261 g/mol. The average molecular weight is 261 g/mol. The normalized spacial score (nSPS) is 26.6. The molecule has 0 radical (unpaired) electrons. The van der Waals surface area contributed by atoms with Crippen LogP contribution in [0.4, 0.5) is 0 Å². The van der Waals surface area contributed by atoms with E-state index in [0.29, 0.717) is 0 Å². The lowest BCUT2D eigenvalue weighted by molar-refractivity contribution is 0.114. The van der Waals surface area contributed by atoms with E-state index in [0.717, 1.165) is 30.7 Å². The van der Waals surface area contributed by atoms with Crippen LogP contribution in [0.2, 0.25) is 0 Å². The fourth-order valence-corrected chi connectivity index (χ4v) is 3.19. The number of aliphatic hydroxyl groups is 1. The second kappa shape index (κ2) is 4.80. The van der Waals surface area contributed by atoms with Gasteiger partial charge in [-0.25, -0.2) is 0 Å². The molecule has 0 saturated carbocycles. The third-order valence-corrected chi connectivity index (χ3v) is 4.16. The van der Waals surface area contributed by atoms with E-state index in [9.17, 15) is 5.11 Å². The van der Waals surface area contributed by atoms with Gasteiger partial charge < -0.3 is 15.2 Å². The third-order valence-electron chi connectivity index (χ3n) is 4.16. The Balaban J connectivity index is 1.79. The van der Waals surface area contributed by atoms with Gasteiger partial charge in [0.15, 0.2) is 0 Å². The molecule has 1 saturated heterocycles. The number of benzene rings is 1. The quantitative estimate of drug-likeness (QED) is 0.859. The van der Waals surface area contributed by atoms with Crippen molar-refractivity contribution in [1.29, 1.82) is 0 Å². The van der Waals surface area contributed by atoms with Crippen molar-refractivity contribution in [3.8, 4) is 5.75 Å². The van der Waals surface area contributed by atoms with Crippen molar-refractivity contribution in [2.24, 2.45) is 0 Å². The van der Waals surface area contributed by atoms with Gasteiger partial charge >= 0.3 is 0 Å².